The Bertz CT molecular complexity index is 1190. The predicted molar refractivity (Wildman–Crippen MR) is 113 cm³/mol. The molecule has 0 fully saturated rings. The van der Waals surface area contributed by atoms with Crippen LogP contribution in [0.25, 0.3) is 0 Å². The molecular formula is C19H14Cl2N4O4S. The number of anilines is 1. The number of carbonyl (C=O) groups is 2. The van der Waals surface area contributed by atoms with Crippen LogP contribution in [0.5, 0.6) is 0 Å². The molecule has 2 amide bonds. The van der Waals surface area contributed by atoms with Crippen LogP contribution in [0.4, 0.5) is 5.69 Å². The zero-order chi connectivity index (χ0) is 21.7. The number of hydrogen-bond acceptors (Lipinski definition) is 5. The number of rotatable bonds is 5. The number of hydrazine groups is 1. The molecule has 0 saturated carbocycles. The first-order valence-electron chi connectivity index (χ1n) is 8.36. The van der Waals surface area contributed by atoms with Gasteiger partial charge in [-0.2, -0.15) is 0 Å². The van der Waals surface area contributed by atoms with Gasteiger partial charge in [0.2, 0.25) is 0 Å². The van der Waals surface area contributed by atoms with Crippen LogP contribution < -0.4 is 15.6 Å². The van der Waals surface area contributed by atoms with Crippen molar-refractivity contribution in [2.45, 2.75) is 4.90 Å². The zero-order valence-electron chi connectivity index (χ0n) is 15.1. The third-order valence-electron chi connectivity index (χ3n) is 3.77. The SMILES string of the molecule is O=C(NNC(=O)c1ccccn1)c1ccc(Cl)c(S(=O)(=O)Nc2ccc(Cl)cc2)c1. The molecule has 0 atom stereocenters. The molecule has 3 rings (SSSR count). The number of benzene rings is 2. The summed E-state index contributed by atoms with van der Waals surface area (Å²) in [4.78, 5) is 27.9. The first-order chi connectivity index (χ1) is 14.3. The van der Waals surface area contributed by atoms with Crippen molar-refractivity contribution in [3.8, 4) is 0 Å². The molecule has 11 heteroatoms. The van der Waals surface area contributed by atoms with E-state index >= 15 is 0 Å². The fraction of sp³-hybridized carbons (Fsp3) is 0. The van der Waals surface area contributed by atoms with Crippen molar-refractivity contribution in [1.82, 2.24) is 15.8 Å². The van der Waals surface area contributed by atoms with E-state index in [9.17, 15) is 18.0 Å². The van der Waals surface area contributed by atoms with Crippen LogP contribution in [0.2, 0.25) is 10.0 Å². The van der Waals surface area contributed by atoms with Crippen molar-refractivity contribution in [1.29, 1.82) is 0 Å². The van der Waals surface area contributed by atoms with E-state index < -0.39 is 21.8 Å². The van der Waals surface area contributed by atoms with Gasteiger partial charge in [0.05, 0.1) is 5.02 Å². The van der Waals surface area contributed by atoms with Gasteiger partial charge >= 0.3 is 0 Å². The number of hydrogen-bond donors (Lipinski definition) is 3. The van der Waals surface area contributed by atoms with Crippen molar-refractivity contribution >= 4 is 50.7 Å². The summed E-state index contributed by atoms with van der Waals surface area (Å²) >= 11 is 11.8. The van der Waals surface area contributed by atoms with Gasteiger partial charge < -0.3 is 0 Å². The maximum absolute atomic E-state index is 12.7. The number of pyridine rings is 1. The Morgan fingerprint density at radius 2 is 1.57 bits per heavy atom. The number of sulfonamides is 1. The van der Waals surface area contributed by atoms with E-state index in [1.807, 2.05) is 0 Å². The molecule has 0 aliphatic carbocycles. The van der Waals surface area contributed by atoms with Gasteiger partial charge in [-0.25, -0.2) is 8.42 Å². The van der Waals surface area contributed by atoms with Gasteiger partial charge in [0.1, 0.15) is 10.6 Å². The Balaban J connectivity index is 1.76. The van der Waals surface area contributed by atoms with Crippen molar-refractivity contribution in [2.75, 3.05) is 4.72 Å². The lowest BCUT2D eigenvalue weighted by Gasteiger charge is -2.12. The Labute approximate surface area is 182 Å². The van der Waals surface area contributed by atoms with Crippen LogP contribution in [0, 0.1) is 0 Å². The van der Waals surface area contributed by atoms with Crippen molar-refractivity contribution in [3.05, 3.63) is 88.2 Å². The van der Waals surface area contributed by atoms with E-state index in [2.05, 4.69) is 20.6 Å². The molecule has 3 N–H and O–H groups in total. The van der Waals surface area contributed by atoms with Crippen molar-refractivity contribution in [3.63, 3.8) is 0 Å². The van der Waals surface area contributed by atoms with Gasteiger partial charge in [-0.1, -0.05) is 29.3 Å². The number of amides is 2. The molecule has 0 radical (unpaired) electrons. The lowest BCUT2D eigenvalue weighted by atomic mass is 10.2. The highest BCUT2D eigenvalue weighted by molar-refractivity contribution is 7.92. The fourth-order valence-electron chi connectivity index (χ4n) is 2.33. The molecule has 0 spiro atoms. The summed E-state index contributed by atoms with van der Waals surface area (Å²) in [5.41, 5.74) is 4.75. The molecule has 0 aliphatic heterocycles. The van der Waals surface area contributed by atoms with Gasteiger partial charge in [-0.3, -0.25) is 30.1 Å². The lowest BCUT2D eigenvalue weighted by molar-refractivity contribution is 0.0844. The van der Waals surface area contributed by atoms with Crippen molar-refractivity contribution < 1.29 is 18.0 Å². The normalized spacial score (nSPS) is 10.9. The molecular weight excluding hydrogens is 451 g/mol. The summed E-state index contributed by atoms with van der Waals surface area (Å²) in [6.45, 7) is 0. The topological polar surface area (TPSA) is 117 Å². The second-order valence-corrected chi connectivity index (χ2v) is 8.38. The van der Waals surface area contributed by atoms with Crippen LogP contribution in [0.3, 0.4) is 0 Å². The smallest absolute Gasteiger partial charge is 0.280 e. The molecule has 1 heterocycles. The van der Waals surface area contributed by atoms with E-state index in [4.69, 9.17) is 23.2 Å². The highest BCUT2D eigenvalue weighted by Crippen LogP contribution is 2.25. The largest absolute Gasteiger partial charge is 0.288 e. The predicted octanol–water partition coefficient (Wildman–Crippen LogP) is 3.26. The van der Waals surface area contributed by atoms with Crippen LogP contribution in [0.15, 0.2) is 71.8 Å². The molecule has 1 aromatic heterocycles. The number of nitrogens with zero attached hydrogens (tertiary/aromatic N) is 1. The van der Waals surface area contributed by atoms with Crippen LogP contribution in [0.1, 0.15) is 20.8 Å². The molecule has 30 heavy (non-hydrogen) atoms. The molecule has 0 unspecified atom stereocenters. The number of nitrogens with one attached hydrogen (secondary N) is 3. The summed E-state index contributed by atoms with van der Waals surface area (Å²) in [5.74, 6) is -1.37. The van der Waals surface area contributed by atoms with Gasteiger partial charge in [0.25, 0.3) is 21.8 Å². The van der Waals surface area contributed by atoms with Crippen molar-refractivity contribution in [2.24, 2.45) is 0 Å². The van der Waals surface area contributed by atoms with Gasteiger partial charge in [-0.15, -0.1) is 0 Å². The van der Waals surface area contributed by atoms with Gasteiger partial charge in [0.15, 0.2) is 0 Å². The van der Waals surface area contributed by atoms with Gasteiger partial charge in [-0.05, 0) is 54.6 Å². The number of halogens is 2. The number of aromatic nitrogens is 1. The second-order valence-electron chi connectivity index (χ2n) is 5.88. The summed E-state index contributed by atoms with van der Waals surface area (Å²) < 4.78 is 27.7. The second kappa shape index (κ2) is 9.12. The third-order valence-corrected chi connectivity index (χ3v) is 5.88. The summed E-state index contributed by atoms with van der Waals surface area (Å²) in [6, 6.07) is 14.4. The first-order valence-corrected chi connectivity index (χ1v) is 10.6. The highest BCUT2D eigenvalue weighted by atomic mass is 35.5. The van der Waals surface area contributed by atoms with E-state index in [0.29, 0.717) is 5.02 Å². The van der Waals surface area contributed by atoms with E-state index in [1.54, 1.807) is 12.1 Å². The fourth-order valence-corrected chi connectivity index (χ4v) is 4.04. The van der Waals surface area contributed by atoms with E-state index in [-0.39, 0.29) is 26.9 Å². The van der Waals surface area contributed by atoms with E-state index in [1.165, 1.54) is 48.7 Å². The summed E-state index contributed by atoms with van der Waals surface area (Å²) in [5, 5.41) is 0.368. The average molecular weight is 465 g/mol. The Hall–Kier alpha value is -3.14. The zero-order valence-corrected chi connectivity index (χ0v) is 17.4. The standard InChI is InChI=1S/C19H14Cl2N4O4S/c20-13-5-7-14(8-6-13)25-30(28,29)17-11-12(4-9-15(17)21)18(26)23-24-19(27)16-3-1-2-10-22-16/h1-11,25H,(H,23,26)(H,24,27). The highest BCUT2D eigenvalue weighted by Gasteiger charge is 2.21. The minimum Gasteiger partial charge on any atom is -0.280 e. The molecule has 8 nitrogen and oxygen atoms in total. The minimum atomic E-state index is -4.09. The van der Waals surface area contributed by atoms with Crippen LogP contribution in [-0.4, -0.2) is 25.2 Å². The van der Waals surface area contributed by atoms with Crippen LogP contribution >= 0.6 is 23.2 Å². The number of carbonyl (C=O) groups excluding carboxylic acids is 2. The Morgan fingerprint density at radius 3 is 2.23 bits per heavy atom. The molecule has 154 valence electrons. The molecule has 3 aromatic rings. The summed E-state index contributed by atoms with van der Waals surface area (Å²) in [7, 11) is -4.09. The Morgan fingerprint density at radius 1 is 0.867 bits per heavy atom. The quantitative estimate of drug-likeness (QED) is 0.500. The summed E-state index contributed by atoms with van der Waals surface area (Å²) in [6.07, 6.45) is 1.43. The first kappa shape index (κ1) is 21.6. The third kappa shape index (κ3) is 5.26. The van der Waals surface area contributed by atoms with E-state index in [0.717, 1.165) is 6.07 Å². The van der Waals surface area contributed by atoms with Gasteiger partial charge in [0, 0.05) is 22.5 Å². The monoisotopic (exact) mass is 464 g/mol. The molecule has 0 aliphatic rings. The van der Waals surface area contributed by atoms with Crippen LogP contribution in [-0.2, 0) is 10.0 Å². The molecule has 0 saturated heterocycles. The molecule has 2 aromatic carbocycles. The minimum absolute atomic E-state index is 0.0304. The molecule has 0 bridgehead atoms. The Kier molecular flexibility index (Phi) is 6.56. The lowest BCUT2D eigenvalue weighted by Crippen LogP contribution is -2.42. The average Bonchev–Trinajstić information content (AvgIpc) is 2.74. The maximum Gasteiger partial charge on any atom is 0.288 e. The maximum atomic E-state index is 12.7.